The van der Waals surface area contributed by atoms with Gasteiger partial charge in [-0.15, -0.1) is 11.6 Å². The number of urea groups is 1. The normalized spacial score (nSPS) is 26.5. The van der Waals surface area contributed by atoms with Crippen LogP contribution in [0, 0.1) is 0 Å². The van der Waals surface area contributed by atoms with Crippen LogP contribution in [0.25, 0.3) is 0 Å². The van der Waals surface area contributed by atoms with Gasteiger partial charge >= 0.3 is 6.03 Å². The first-order valence-corrected chi connectivity index (χ1v) is 6.89. The second kappa shape index (κ2) is 6.01. The van der Waals surface area contributed by atoms with Crippen LogP contribution in [-0.4, -0.2) is 48.4 Å². The fraction of sp³-hybridized carbons (Fsp3) is 0.500. The molecule has 0 saturated carbocycles. The van der Waals surface area contributed by atoms with E-state index in [9.17, 15) is 14.0 Å². The molecular weight excluding hydrogens is 308 g/mol. The number of carbonyl (C=O) groups is 2. The van der Waals surface area contributed by atoms with Gasteiger partial charge in [-0.1, -0.05) is 11.6 Å². The number of amides is 3. The van der Waals surface area contributed by atoms with Crippen LogP contribution in [0.15, 0.2) is 22.5 Å². The zero-order chi connectivity index (χ0) is 14.9. The van der Waals surface area contributed by atoms with Gasteiger partial charge in [0.25, 0.3) is 0 Å². The molecule has 1 aliphatic heterocycles. The Bertz CT molecular complexity index is 507. The lowest BCUT2D eigenvalue weighted by atomic mass is 10.1. The first kappa shape index (κ1) is 15.1. The van der Waals surface area contributed by atoms with Crippen LogP contribution >= 0.6 is 23.2 Å². The van der Waals surface area contributed by atoms with Gasteiger partial charge in [-0.2, -0.15) is 0 Å². The lowest BCUT2D eigenvalue weighted by Crippen LogP contribution is -2.44. The third-order valence-electron chi connectivity index (χ3n) is 3.29. The largest absolute Gasteiger partial charge is 0.350 e. The molecule has 20 heavy (non-hydrogen) atoms. The van der Waals surface area contributed by atoms with E-state index in [-0.39, 0.29) is 30.6 Å². The van der Waals surface area contributed by atoms with Crippen molar-refractivity contribution in [1.29, 1.82) is 0 Å². The highest BCUT2D eigenvalue weighted by Crippen LogP contribution is 2.30. The van der Waals surface area contributed by atoms with E-state index in [4.69, 9.17) is 23.2 Å². The molecule has 1 heterocycles. The Kier molecular flexibility index (Phi) is 4.55. The third kappa shape index (κ3) is 3.07. The maximum atomic E-state index is 13.7. The molecule has 0 aromatic rings. The van der Waals surface area contributed by atoms with Gasteiger partial charge < -0.3 is 15.5 Å². The van der Waals surface area contributed by atoms with Gasteiger partial charge in [-0.05, 0) is 6.08 Å². The standard InChI is InChI=1S/C12H14Cl2FN3O2/c1-18-10(5-17-12(18)20)11(19)16-4-7-8(14)2-6(13)3-9(7)15/h3,6,10H,2,4-5H2,1H3,(H,16,19)(H,17,20). The van der Waals surface area contributed by atoms with Gasteiger partial charge in [-0.25, -0.2) is 9.18 Å². The van der Waals surface area contributed by atoms with Crippen LogP contribution in [0.3, 0.4) is 0 Å². The lowest BCUT2D eigenvalue weighted by molar-refractivity contribution is -0.124. The second-order valence-corrected chi connectivity index (χ2v) is 5.67. The van der Waals surface area contributed by atoms with Gasteiger partial charge in [0.1, 0.15) is 11.9 Å². The maximum absolute atomic E-state index is 13.7. The molecule has 0 bridgehead atoms. The molecule has 2 unspecified atom stereocenters. The summed E-state index contributed by atoms with van der Waals surface area (Å²) in [4.78, 5) is 24.5. The molecule has 2 aliphatic rings. The predicted molar refractivity (Wildman–Crippen MR) is 74.3 cm³/mol. The van der Waals surface area contributed by atoms with Crippen LogP contribution in [0.4, 0.5) is 9.18 Å². The van der Waals surface area contributed by atoms with Crippen molar-refractivity contribution in [3.8, 4) is 0 Å². The summed E-state index contributed by atoms with van der Waals surface area (Å²) >= 11 is 11.8. The Morgan fingerprint density at radius 1 is 1.65 bits per heavy atom. The minimum atomic E-state index is -0.599. The highest BCUT2D eigenvalue weighted by atomic mass is 35.5. The third-order valence-corrected chi connectivity index (χ3v) is 3.96. The van der Waals surface area contributed by atoms with E-state index in [0.717, 1.165) is 0 Å². The van der Waals surface area contributed by atoms with E-state index in [1.54, 1.807) is 0 Å². The van der Waals surface area contributed by atoms with Gasteiger partial charge in [0.05, 0.1) is 5.38 Å². The smallest absolute Gasteiger partial charge is 0.317 e. The van der Waals surface area contributed by atoms with Crippen molar-refractivity contribution in [2.24, 2.45) is 0 Å². The van der Waals surface area contributed by atoms with Gasteiger partial charge in [0.2, 0.25) is 5.91 Å². The van der Waals surface area contributed by atoms with Crippen molar-refractivity contribution in [3.05, 3.63) is 22.5 Å². The number of hydrogen-bond acceptors (Lipinski definition) is 2. The van der Waals surface area contributed by atoms with Crippen molar-refractivity contribution in [2.45, 2.75) is 17.8 Å². The zero-order valence-electron chi connectivity index (χ0n) is 10.8. The van der Waals surface area contributed by atoms with Crippen LogP contribution in [-0.2, 0) is 4.79 Å². The van der Waals surface area contributed by atoms with Crippen molar-refractivity contribution in [3.63, 3.8) is 0 Å². The summed E-state index contributed by atoms with van der Waals surface area (Å²) in [5, 5.41) is 4.97. The molecule has 5 nitrogen and oxygen atoms in total. The van der Waals surface area contributed by atoms with E-state index in [2.05, 4.69) is 10.6 Å². The number of nitrogens with one attached hydrogen (secondary N) is 2. The van der Waals surface area contributed by atoms with Crippen LogP contribution < -0.4 is 10.6 Å². The topological polar surface area (TPSA) is 61.4 Å². The quantitative estimate of drug-likeness (QED) is 0.773. The van der Waals surface area contributed by atoms with Crippen molar-refractivity contribution in [2.75, 3.05) is 20.1 Å². The maximum Gasteiger partial charge on any atom is 0.317 e. The van der Waals surface area contributed by atoms with Gasteiger partial charge in [-0.3, -0.25) is 4.79 Å². The van der Waals surface area contributed by atoms with Crippen molar-refractivity contribution >= 4 is 35.1 Å². The summed E-state index contributed by atoms with van der Waals surface area (Å²) in [6.07, 6.45) is 1.60. The number of rotatable bonds is 3. The van der Waals surface area contributed by atoms with Crippen LogP contribution in [0.2, 0.25) is 0 Å². The highest BCUT2D eigenvalue weighted by molar-refractivity contribution is 6.32. The summed E-state index contributed by atoms with van der Waals surface area (Å²) in [7, 11) is 1.53. The number of carbonyl (C=O) groups excluding carboxylic acids is 2. The molecule has 1 aliphatic carbocycles. The number of hydrogen-bond donors (Lipinski definition) is 2. The SMILES string of the molecule is CN1C(=O)NCC1C(=O)NCC1=C(Cl)CC(Cl)C=C1F. The molecule has 8 heteroatoms. The fourth-order valence-electron chi connectivity index (χ4n) is 2.07. The molecule has 2 rings (SSSR count). The number of nitrogens with zero attached hydrogens (tertiary/aromatic N) is 1. The van der Waals surface area contributed by atoms with Crippen LogP contribution in [0.5, 0.6) is 0 Å². The van der Waals surface area contributed by atoms with E-state index in [1.807, 2.05) is 0 Å². The van der Waals surface area contributed by atoms with Gasteiger partial charge in [0.15, 0.2) is 0 Å². The second-order valence-electron chi connectivity index (χ2n) is 4.65. The number of halogens is 3. The first-order valence-electron chi connectivity index (χ1n) is 6.07. The molecule has 3 amide bonds. The van der Waals surface area contributed by atoms with Crippen molar-refractivity contribution in [1.82, 2.24) is 15.5 Å². The number of allylic oxidation sites excluding steroid dienone is 2. The molecule has 1 saturated heterocycles. The highest BCUT2D eigenvalue weighted by Gasteiger charge is 2.33. The molecule has 0 aromatic carbocycles. The lowest BCUT2D eigenvalue weighted by Gasteiger charge is -2.20. The first-order chi connectivity index (χ1) is 9.40. The van der Waals surface area contributed by atoms with Crippen LogP contribution in [0.1, 0.15) is 6.42 Å². The minimum Gasteiger partial charge on any atom is -0.350 e. The summed E-state index contributed by atoms with van der Waals surface area (Å²) in [6, 6.07) is -0.908. The van der Waals surface area contributed by atoms with E-state index < -0.39 is 17.2 Å². The Labute approximate surface area is 125 Å². The molecule has 110 valence electrons. The average molecular weight is 322 g/mol. The van der Waals surface area contributed by atoms with E-state index in [1.165, 1.54) is 18.0 Å². The molecule has 0 radical (unpaired) electrons. The molecule has 1 fully saturated rings. The molecular formula is C12H14Cl2FN3O2. The summed E-state index contributed by atoms with van der Waals surface area (Å²) < 4.78 is 13.7. The molecule has 2 atom stereocenters. The van der Waals surface area contributed by atoms with E-state index in [0.29, 0.717) is 11.5 Å². The Hall–Kier alpha value is -1.27. The molecule has 2 N–H and O–H groups in total. The monoisotopic (exact) mass is 321 g/mol. The Morgan fingerprint density at radius 3 is 2.90 bits per heavy atom. The Morgan fingerprint density at radius 2 is 2.35 bits per heavy atom. The number of alkyl halides is 1. The Balaban J connectivity index is 1.96. The van der Waals surface area contributed by atoms with Gasteiger partial charge in [0, 0.05) is 37.2 Å². The average Bonchev–Trinajstić information content (AvgIpc) is 2.68. The molecule has 0 spiro atoms. The van der Waals surface area contributed by atoms with E-state index >= 15 is 0 Å². The minimum absolute atomic E-state index is 0.0257. The summed E-state index contributed by atoms with van der Waals surface area (Å²) in [5.74, 6) is -0.876. The summed E-state index contributed by atoms with van der Waals surface area (Å²) in [6.45, 7) is 0.207. The number of likely N-dealkylation sites (N-methyl/N-ethyl adjacent to an activating group) is 1. The fourth-order valence-corrected chi connectivity index (χ4v) is 2.74. The molecule has 0 aromatic heterocycles. The predicted octanol–water partition coefficient (Wildman–Crippen LogP) is 1.48. The van der Waals surface area contributed by atoms with Crippen molar-refractivity contribution < 1.29 is 14.0 Å². The summed E-state index contributed by atoms with van der Waals surface area (Å²) in [5.41, 5.74) is 0.233. The zero-order valence-corrected chi connectivity index (χ0v) is 12.3.